The van der Waals surface area contributed by atoms with Crippen LogP contribution in [0.15, 0.2) is 35.2 Å². The zero-order chi connectivity index (χ0) is 13.4. The molecule has 0 saturated carbocycles. The lowest BCUT2D eigenvalue weighted by Gasteiger charge is -2.07. The molecule has 0 saturated heterocycles. The number of rotatable bonds is 3. The lowest BCUT2D eigenvalue weighted by atomic mass is 10.2. The molecule has 96 valence electrons. The Labute approximate surface area is 111 Å². The number of benzene rings is 1. The number of carbonyl (C=O) groups is 2. The van der Waals surface area contributed by atoms with E-state index in [4.69, 9.17) is 9.84 Å². The first-order valence-electron chi connectivity index (χ1n) is 5.39. The van der Waals surface area contributed by atoms with Gasteiger partial charge in [0.15, 0.2) is 12.2 Å². The maximum atomic E-state index is 11.4. The van der Waals surface area contributed by atoms with E-state index in [1.165, 1.54) is 11.3 Å². The van der Waals surface area contributed by atoms with Crippen LogP contribution in [0.1, 0.15) is 0 Å². The van der Waals surface area contributed by atoms with Crippen molar-refractivity contribution in [3.63, 3.8) is 0 Å². The van der Waals surface area contributed by atoms with Crippen molar-refractivity contribution < 1.29 is 19.4 Å². The van der Waals surface area contributed by atoms with Gasteiger partial charge in [0.1, 0.15) is 0 Å². The lowest BCUT2D eigenvalue weighted by molar-refractivity contribution is -0.134. The summed E-state index contributed by atoms with van der Waals surface area (Å²) >= 11 is 1.48. The minimum Gasteiger partial charge on any atom is -0.477 e. The fourth-order valence-electron chi connectivity index (χ4n) is 1.79. The first-order chi connectivity index (χ1) is 9.15. The van der Waals surface area contributed by atoms with Gasteiger partial charge in [-0.2, -0.15) is 0 Å². The lowest BCUT2D eigenvalue weighted by Crippen LogP contribution is -2.12. The number of nitrogens with zero attached hydrogens (tertiary/aromatic N) is 1. The van der Waals surface area contributed by atoms with Crippen molar-refractivity contribution in [3.05, 3.63) is 35.2 Å². The number of hydrogen-bond acceptors (Lipinski definition) is 6. The van der Waals surface area contributed by atoms with Gasteiger partial charge in [0, 0.05) is 5.69 Å². The van der Waals surface area contributed by atoms with E-state index in [-0.39, 0.29) is 18.1 Å². The summed E-state index contributed by atoms with van der Waals surface area (Å²) in [5, 5.41) is 11.8. The molecule has 7 heteroatoms. The van der Waals surface area contributed by atoms with Crippen LogP contribution in [-0.4, -0.2) is 28.4 Å². The summed E-state index contributed by atoms with van der Waals surface area (Å²) in [7, 11) is 0. The fraction of sp³-hybridized carbons (Fsp3) is 0.0833. The highest BCUT2D eigenvalue weighted by Crippen LogP contribution is 2.25. The van der Waals surface area contributed by atoms with Gasteiger partial charge in [0.25, 0.3) is 0 Å². The topological polar surface area (TPSA) is 88.5 Å². The average Bonchev–Trinajstić information content (AvgIpc) is 2.95. The first-order valence-corrected chi connectivity index (χ1v) is 6.27. The summed E-state index contributed by atoms with van der Waals surface area (Å²) in [5.41, 5.74) is 2.91. The van der Waals surface area contributed by atoms with Crippen LogP contribution in [0, 0.1) is 0 Å². The molecule has 0 atom stereocenters. The van der Waals surface area contributed by atoms with E-state index < -0.39 is 11.8 Å². The van der Waals surface area contributed by atoms with Crippen LogP contribution in [-0.2, 0) is 14.3 Å². The number of ether oxygens (including phenoxy) is 1. The summed E-state index contributed by atoms with van der Waals surface area (Å²) in [4.78, 5) is 26.5. The molecule has 2 aromatic rings. The number of carbonyl (C=O) groups excluding carboxylic acids is 1. The van der Waals surface area contributed by atoms with Gasteiger partial charge in [0.05, 0.1) is 15.7 Å². The van der Waals surface area contributed by atoms with E-state index in [2.05, 4.69) is 10.3 Å². The molecule has 0 unspecified atom stereocenters. The number of aliphatic carboxylic acids is 1. The van der Waals surface area contributed by atoms with Crippen LogP contribution >= 0.6 is 11.3 Å². The van der Waals surface area contributed by atoms with Gasteiger partial charge in [0.2, 0.25) is 11.7 Å². The minimum atomic E-state index is -1.29. The number of carboxylic acids is 1. The minimum absolute atomic E-state index is 0.0126. The van der Waals surface area contributed by atoms with Crippen LogP contribution < -0.4 is 5.32 Å². The number of anilines is 1. The van der Waals surface area contributed by atoms with Crippen molar-refractivity contribution in [2.75, 3.05) is 11.9 Å². The van der Waals surface area contributed by atoms with E-state index >= 15 is 0 Å². The number of aromatic nitrogens is 1. The highest BCUT2D eigenvalue weighted by atomic mass is 32.1. The van der Waals surface area contributed by atoms with Crippen molar-refractivity contribution in [2.24, 2.45) is 0 Å². The van der Waals surface area contributed by atoms with Crippen LogP contribution in [0.4, 0.5) is 5.69 Å². The van der Waals surface area contributed by atoms with Crippen LogP contribution in [0.5, 0.6) is 0 Å². The van der Waals surface area contributed by atoms with Crippen LogP contribution in [0.3, 0.4) is 0 Å². The Bertz CT molecular complexity index is 719. The number of carboxylic acid groups (broad SMARTS) is 1. The van der Waals surface area contributed by atoms with Crippen molar-refractivity contribution in [2.45, 2.75) is 0 Å². The van der Waals surface area contributed by atoms with E-state index in [0.717, 1.165) is 10.2 Å². The maximum Gasteiger partial charge on any atom is 0.344 e. The number of Topliss-reactive ketones (excluding diaryl/α,β-unsaturated/α-hetero) is 1. The summed E-state index contributed by atoms with van der Waals surface area (Å²) < 4.78 is 6.03. The molecular formula is C12H8N2O4S. The third-order valence-electron chi connectivity index (χ3n) is 2.66. The molecule has 0 bridgehead atoms. The number of nitrogens with one attached hydrogen (secondary N) is 1. The second kappa shape index (κ2) is 4.36. The molecular weight excluding hydrogens is 268 g/mol. The van der Waals surface area contributed by atoms with Gasteiger partial charge in [-0.1, -0.05) is 0 Å². The molecule has 0 fully saturated rings. The predicted octanol–water partition coefficient (Wildman–Crippen LogP) is 1.60. The second-order valence-corrected chi connectivity index (χ2v) is 4.77. The van der Waals surface area contributed by atoms with Gasteiger partial charge in [-0.15, -0.1) is 11.3 Å². The van der Waals surface area contributed by atoms with Crippen molar-refractivity contribution in [1.29, 1.82) is 0 Å². The average molecular weight is 276 g/mol. The number of fused-ring (bicyclic) bond motifs is 1. The summed E-state index contributed by atoms with van der Waals surface area (Å²) in [6, 6.07) is 5.39. The Balaban J connectivity index is 1.95. The molecule has 0 radical (unpaired) electrons. The van der Waals surface area contributed by atoms with Gasteiger partial charge in [-0.25, -0.2) is 9.78 Å². The molecule has 0 spiro atoms. The molecule has 3 rings (SSSR count). The highest BCUT2D eigenvalue weighted by Gasteiger charge is 2.30. The Morgan fingerprint density at radius 3 is 3.11 bits per heavy atom. The maximum absolute atomic E-state index is 11.4. The molecule has 2 N–H and O–H groups in total. The van der Waals surface area contributed by atoms with E-state index in [1.54, 1.807) is 11.6 Å². The van der Waals surface area contributed by atoms with Gasteiger partial charge >= 0.3 is 5.97 Å². The smallest absolute Gasteiger partial charge is 0.344 e. The largest absolute Gasteiger partial charge is 0.477 e. The van der Waals surface area contributed by atoms with Crippen LogP contribution in [0.25, 0.3) is 10.2 Å². The zero-order valence-electron chi connectivity index (χ0n) is 9.54. The SMILES string of the molecule is O=C(O)C1=C(Nc2ccc3ncsc3c2)OCC1=O. The van der Waals surface area contributed by atoms with Gasteiger partial charge in [-0.3, -0.25) is 4.79 Å². The zero-order valence-corrected chi connectivity index (χ0v) is 10.4. The van der Waals surface area contributed by atoms with Crippen molar-refractivity contribution in [3.8, 4) is 0 Å². The molecule has 19 heavy (non-hydrogen) atoms. The van der Waals surface area contributed by atoms with E-state index in [0.29, 0.717) is 5.69 Å². The monoisotopic (exact) mass is 276 g/mol. The summed E-state index contributed by atoms with van der Waals surface area (Å²) in [6.45, 7) is -0.243. The third-order valence-corrected chi connectivity index (χ3v) is 3.45. The summed E-state index contributed by atoms with van der Waals surface area (Å²) in [5.74, 6) is -1.83. The number of thiazole rings is 1. The van der Waals surface area contributed by atoms with E-state index in [9.17, 15) is 9.59 Å². The highest BCUT2D eigenvalue weighted by molar-refractivity contribution is 7.16. The second-order valence-electron chi connectivity index (χ2n) is 3.88. The Morgan fingerprint density at radius 1 is 1.47 bits per heavy atom. The fourth-order valence-corrected chi connectivity index (χ4v) is 2.50. The van der Waals surface area contributed by atoms with Crippen molar-refractivity contribution in [1.82, 2.24) is 4.98 Å². The predicted molar refractivity (Wildman–Crippen MR) is 68.9 cm³/mol. The number of ketones is 1. The van der Waals surface area contributed by atoms with Gasteiger partial charge in [-0.05, 0) is 18.2 Å². The molecule has 1 aromatic carbocycles. The third kappa shape index (κ3) is 2.04. The molecule has 1 aliphatic heterocycles. The molecule has 1 aromatic heterocycles. The van der Waals surface area contributed by atoms with Crippen molar-refractivity contribution >= 4 is 39.0 Å². The normalized spacial score (nSPS) is 14.8. The Hall–Kier alpha value is -2.41. The Morgan fingerprint density at radius 2 is 2.32 bits per heavy atom. The van der Waals surface area contributed by atoms with Crippen LogP contribution in [0.2, 0.25) is 0 Å². The molecule has 2 heterocycles. The molecule has 1 aliphatic rings. The molecule has 0 aliphatic carbocycles. The summed E-state index contributed by atoms with van der Waals surface area (Å²) in [6.07, 6.45) is 0. The van der Waals surface area contributed by atoms with E-state index in [1.807, 2.05) is 12.1 Å². The first kappa shape index (κ1) is 11.7. The van der Waals surface area contributed by atoms with Gasteiger partial charge < -0.3 is 15.2 Å². The Kier molecular flexibility index (Phi) is 2.68. The quantitative estimate of drug-likeness (QED) is 0.828. The number of hydrogen-bond donors (Lipinski definition) is 2. The standard InChI is InChI=1S/C12H8N2O4S/c15-8-4-18-11(10(8)12(16)17)14-6-1-2-7-9(3-6)19-5-13-7/h1-3,5,14H,4H2,(H,16,17). The molecule has 6 nitrogen and oxygen atoms in total. The molecule has 0 amide bonds.